The Morgan fingerprint density at radius 2 is 2.33 bits per heavy atom. The number of aliphatic imine (C=N–C) groups is 1. The van der Waals surface area contributed by atoms with Gasteiger partial charge in [-0.05, 0) is 6.92 Å². The van der Waals surface area contributed by atoms with Gasteiger partial charge in [-0.25, -0.2) is 0 Å². The van der Waals surface area contributed by atoms with E-state index in [1.807, 2.05) is 6.92 Å². The molecule has 0 saturated carbocycles. The van der Waals surface area contributed by atoms with Gasteiger partial charge in [0, 0.05) is 19.3 Å². The molecule has 0 amide bonds. The fourth-order valence-corrected chi connectivity index (χ4v) is 0.0913. The molecule has 0 heterocycles. The van der Waals surface area contributed by atoms with E-state index < -0.39 is 0 Å². The van der Waals surface area contributed by atoms with Crippen molar-refractivity contribution in [2.75, 3.05) is 13.6 Å². The van der Waals surface area contributed by atoms with E-state index >= 15 is 0 Å². The normalized spacial score (nSPS) is 12.2. The molecule has 2 N–H and O–H groups in total. The molecule has 0 spiro atoms. The lowest BCUT2D eigenvalue weighted by Gasteiger charge is -1.84. The summed E-state index contributed by atoms with van der Waals surface area (Å²) >= 11 is 0. The lowest BCUT2D eigenvalue weighted by Crippen LogP contribution is -2.08. The van der Waals surface area contributed by atoms with E-state index in [-0.39, 0.29) is 0 Å². The molecule has 0 aliphatic heterocycles. The van der Waals surface area contributed by atoms with Gasteiger partial charge in [0.25, 0.3) is 0 Å². The van der Waals surface area contributed by atoms with Gasteiger partial charge in [0.1, 0.15) is 0 Å². The Morgan fingerprint density at radius 3 is 2.33 bits per heavy atom. The van der Waals surface area contributed by atoms with E-state index in [1.54, 1.807) is 7.05 Å². The minimum absolute atomic E-state index is 0.580. The third-order valence-electron chi connectivity index (χ3n) is 0.677. The highest BCUT2D eigenvalue weighted by molar-refractivity contribution is 5.83. The van der Waals surface area contributed by atoms with Crippen LogP contribution in [-0.4, -0.2) is 19.3 Å². The average molecular weight is 86.1 g/mol. The van der Waals surface area contributed by atoms with E-state index in [9.17, 15) is 0 Å². The molecule has 0 fully saturated rings. The molecule has 0 unspecified atom stereocenters. The van der Waals surface area contributed by atoms with Crippen molar-refractivity contribution in [2.24, 2.45) is 10.7 Å². The molecule has 0 atom stereocenters. The number of hydrogen-bond acceptors (Lipinski definition) is 2. The van der Waals surface area contributed by atoms with Crippen LogP contribution in [0.3, 0.4) is 0 Å². The summed E-state index contributed by atoms with van der Waals surface area (Å²) in [5, 5.41) is 0. The van der Waals surface area contributed by atoms with E-state index in [1.165, 1.54) is 0 Å². The minimum atomic E-state index is 0.580. The molecule has 0 bridgehead atoms. The first-order valence-corrected chi connectivity index (χ1v) is 1.93. The summed E-state index contributed by atoms with van der Waals surface area (Å²) in [4.78, 5) is 3.80. The number of nitrogens with zero attached hydrogens (tertiary/aromatic N) is 1. The Balaban J connectivity index is 3.22. The Labute approximate surface area is 38.1 Å². The molecule has 2 nitrogen and oxygen atoms in total. The number of nitrogens with two attached hydrogens (primary N) is 1. The summed E-state index contributed by atoms with van der Waals surface area (Å²) in [6.07, 6.45) is 0. The van der Waals surface area contributed by atoms with Gasteiger partial charge in [-0.1, -0.05) is 0 Å². The summed E-state index contributed by atoms with van der Waals surface area (Å²) in [7, 11) is 1.74. The lowest BCUT2D eigenvalue weighted by atomic mass is 10.4. The van der Waals surface area contributed by atoms with Gasteiger partial charge in [0.2, 0.25) is 0 Å². The van der Waals surface area contributed by atoms with Crippen LogP contribution in [0.15, 0.2) is 4.99 Å². The largest absolute Gasteiger partial charge is 0.326 e. The topological polar surface area (TPSA) is 38.4 Å². The van der Waals surface area contributed by atoms with Gasteiger partial charge < -0.3 is 5.73 Å². The molecular weight excluding hydrogens is 76.1 g/mol. The first-order chi connectivity index (χ1) is 2.81. The molecular formula is C4H10N2. The first kappa shape index (κ1) is 5.63. The van der Waals surface area contributed by atoms with Crippen molar-refractivity contribution in [2.45, 2.75) is 6.92 Å². The van der Waals surface area contributed by atoms with Crippen molar-refractivity contribution >= 4 is 5.71 Å². The zero-order chi connectivity index (χ0) is 4.99. The second-order valence-corrected chi connectivity index (χ2v) is 1.16. The highest BCUT2D eigenvalue weighted by Crippen LogP contribution is 1.63. The maximum atomic E-state index is 5.15. The maximum Gasteiger partial charge on any atom is 0.0307 e. The van der Waals surface area contributed by atoms with Crippen molar-refractivity contribution in [1.82, 2.24) is 0 Å². The quantitative estimate of drug-likeness (QED) is 0.449. The standard InChI is InChI=1S/C4H10N2/c1-4(3-5)6-2/h3,5H2,1-2H3. The average Bonchev–Trinajstić information content (AvgIpc) is 1.65. The van der Waals surface area contributed by atoms with Crippen molar-refractivity contribution in [3.8, 4) is 0 Å². The minimum Gasteiger partial charge on any atom is -0.326 e. The molecule has 0 saturated heterocycles. The second kappa shape index (κ2) is 2.85. The first-order valence-electron chi connectivity index (χ1n) is 1.93. The van der Waals surface area contributed by atoms with Crippen LogP contribution in [0.5, 0.6) is 0 Å². The molecule has 36 valence electrons. The third kappa shape index (κ3) is 1.91. The summed E-state index contributed by atoms with van der Waals surface area (Å²) in [6.45, 7) is 2.48. The Morgan fingerprint density at radius 1 is 1.83 bits per heavy atom. The highest BCUT2D eigenvalue weighted by atomic mass is 14.7. The van der Waals surface area contributed by atoms with Gasteiger partial charge in [0.05, 0.1) is 0 Å². The molecule has 0 radical (unpaired) electrons. The number of hydrogen-bond donors (Lipinski definition) is 1. The SMILES string of the molecule is CN=C(C)CN. The summed E-state index contributed by atoms with van der Waals surface area (Å²) in [5.41, 5.74) is 6.15. The molecule has 0 aromatic heterocycles. The van der Waals surface area contributed by atoms with Crippen LogP contribution in [0.1, 0.15) is 6.92 Å². The lowest BCUT2D eigenvalue weighted by molar-refractivity contribution is 1.25. The fraction of sp³-hybridized carbons (Fsp3) is 0.750. The van der Waals surface area contributed by atoms with Gasteiger partial charge in [-0.3, -0.25) is 4.99 Å². The third-order valence-corrected chi connectivity index (χ3v) is 0.677. The summed E-state index contributed by atoms with van der Waals surface area (Å²) in [6, 6.07) is 0. The molecule has 0 aliphatic rings. The second-order valence-electron chi connectivity index (χ2n) is 1.16. The van der Waals surface area contributed by atoms with E-state index in [0.29, 0.717) is 6.54 Å². The van der Waals surface area contributed by atoms with Gasteiger partial charge in [-0.15, -0.1) is 0 Å². The maximum absolute atomic E-state index is 5.15. The van der Waals surface area contributed by atoms with Crippen LogP contribution in [0, 0.1) is 0 Å². The Kier molecular flexibility index (Phi) is 2.67. The van der Waals surface area contributed by atoms with Crippen LogP contribution in [0.25, 0.3) is 0 Å². The van der Waals surface area contributed by atoms with Gasteiger partial charge in [-0.2, -0.15) is 0 Å². The van der Waals surface area contributed by atoms with E-state index in [0.717, 1.165) is 5.71 Å². The fourth-order valence-electron chi connectivity index (χ4n) is 0.0913. The number of rotatable bonds is 1. The Hall–Kier alpha value is -0.370. The van der Waals surface area contributed by atoms with Crippen LogP contribution in [0.4, 0.5) is 0 Å². The molecule has 0 aromatic rings. The highest BCUT2D eigenvalue weighted by Gasteiger charge is 1.75. The van der Waals surface area contributed by atoms with Crippen molar-refractivity contribution in [1.29, 1.82) is 0 Å². The van der Waals surface area contributed by atoms with Gasteiger partial charge >= 0.3 is 0 Å². The molecule has 0 rings (SSSR count). The van der Waals surface area contributed by atoms with Crippen molar-refractivity contribution in [3.05, 3.63) is 0 Å². The van der Waals surface area contributed by atoms with Crippen LogP contribution < -0.4 is 5.73 Å². The summed E-state index contributed by atoms with van der Waals surface area (Å²) < 4.78 is 0. The van der Waals surface area contributed by atoms with Crippen molar-refractivity contribution < 1.29 is 0 Å². The predicted molar refractivity (Wildman–Crippen MR) is 28.1 cm³/mol. The van der Waals surface area contributed by atoms with Crippen LogP contribution in [-0.2, 0) is 0 Å². The van der Waals surface area contributed by atoms with Crippen molar-refractivity contribution in [3.63, 3.8) is 0 Å². The van der Waals surface area contributed by atoms with E-state index in [2.05, 4.69) is 4.99 Å². The molecule has 2 heteroatoms. The zero-order valence-electron chi connectivity index (χ0n) is 4.23. The van der Waals surface area contributed by atoms with Crippen LogP contribution in [0.2, 0.25) is 0 Å². The molecule has 0 aromatic carbocycles. The monoisotopic (exact) mass is 86.1 g/mol. The summed E-state index contributed by atoms with van der Waals surface area (Å²) in [5.74, 6) is 0. The smallest absolute Gasteiger partial charge is 0.0307 e. The van der Waals surface area contributed by atoms with E-state index in [4.69, 9.17) is 5.73 Å². The molecule has 6 heavy (non-hydrogen) atoms. The zero-order valence-corrected chi connectivity index (χ0v) is 4.23. The van der Waals surface area contributed by atoms with Crippen LogP contribution >= 0.6 is 0 Å². The van der Waals surface area contributed by atoms with Gasteiger partial charge in [0.15, 0.2) is 0 Å². The predicted octanol–water partition coefficient (Wildman–Crippen LogP) is 0.0358. The molecule has 0 aliphatic carbocycles. The Bertz CT molecular complexity index is 56.6.